The molecule has 0 spiro atoms. The lowest BCUT2D eigenvalue weighted by molar-refractivity contribution is 0.477. The third-order valence-electron chi connectivity index (χ3n) is 3.21. The van der Waals surface area contributed by atoms with Gasteiger partial charge in [0, 0.05) is 23.0 Å². The van der Waals surface area contributed by atoms with Crippen LogP contribution in [-0.2, 0) is 6.42 Å². The van der Waals surface area contributed by atoms with Gasteiger partial charge in [0.2, 0.25) is 0 Å². The zero-order valence-electron chi connectivity index (χ0n) is 11.8. The topological polar surface area (TPSA) is 42.7 Å². The van der Waals surface area contributed by atoms with Crippen LogP contribution < -0.4 is 5.32 Å². The normalized spacial score (nSPS) is 12.9. The van der Waals surface area contributed by atoms with E-state index >= 15 is 0 Å². The Morgan fingerprint density at radius 2 is 2.15 bits per heavy atom. The highest BCUT2D eigenvalue weighted by molar-refractivity contribution is 9.10. The first-order valence-electron chi connectivity index (χ1n) is 6.53. The van der Waals surface area contributed by atoms with Crippen LogP contribution in [-0.4, -0.2) is 21.8 Å². The van der Waals surface area contributed by atoms with Gasteiger partial charge in [0.15, 0.2) is 0 Å². The van der Waals surface area contributed by atoms with Gasteiger partial charge in [-0.1, -0.05) is 22.0 Å². The predicted octanol–water partition coefficient (Wildman–Crippen LogP) is 3.26. The highest BCUT2D eigenvalue weighted by Gasteiger charge is 2.18. The Morgan fingerprint density at radius 1 is 1.40 bits per heavy atom. The first-order valence-corrected chi connectivity index (χ1v) is 7.32. The van der Waals surface area contributed by atoms with Crippen molar-refractivity contribution >= 4 is 15.9 Å². The largest absolute Gasteiger partial charge is 0.313 e. The maximum Gasteiger partial charge on any atom is 0.138 e. The molecule has 2 rings (SSSR count). The predicted molar refractivity (Wildman–Crippen MR) is 80.0 cm³/mol. The highest BCUT2D eigenvalue weighted by Crippen LogP contribution is 2.26. The van der Waals surface area contributed by atoms with E-state index in [4.69, 9.17) is 0 Å². The summed E-state index contributed by atoms with van der Waals surface area (Å²) < 4.78 is 15.8. The summed E-state index contributed by atoms with van der Waals surface area (Å²) >= 11 is 3.42. The van der Waals surface area contributed by atoms with Crippen LogP contribution >= 0.6 is 15.9 Å². The average molecular weight is 341 g/mol. The van der Waals surface area contributed by atoms with Crippen LogP contribution in [0.2, 0.25) is 0 Å². The first-order chi connectivity index (χ1) is 9.52. The number of halogens is 2. The van der Waals surface area contributed by atoms with E-state index in [0.717, 1.165) is 15.9 Å². The molecular formula is C14H18BrFN4. The number of hydrogen-bond acceptors (Lipinski definition) is 3. The lowest BCUT2D eigenvalue weighted by Crippen LogP contribution is -2.22. The van der Waals surface area contributed by atoms with Gasteiger partial charge in [0.05, 0.1) is 0 Å². The molecule has 1 aromatic heterocycles. The van der Waals surface area contributed by atoms with E-state index in [-0.39, 0.29) is 17.9 Å². The Labute approximate surface area is 126 Å². The molecule has 1 unspecified atom stereocenters. The van der Waals surface area contributed by atoms with Gasteiger partial charge in [0.25, 0.3) is 0 Å². The van der Waals surface area contributed by atoms with Crippen LogP contribution in [0.25, 0.3) is 0 Å². The van der Waals surface area contributed by atoms with Gasteiger partial charge in [-0.3, -0.25) is 0 Å². The number of nitrogens with zero attached hydrogens (tertiary/aromatic N) is 3. The first kappa shape index (κ1) is 15.1. The number of benzene rings is 1. The van der Waals surface area contributed by atoms with Crippen molar-refractivity contribution in [3.8, 4) is 0 Å². The van der Waals surface area contributed by atoms with Crippen molar-refractivity contribution in [2.45, 2.75) is 32.4 Å². The van der Waals surface area contributed by atoms with E-state index in [1.807, 2.05) is 11.7 Å². The molecule has 4 nitrogen and oxygen atoms in total. The molecule has 0 fully saturated rings. The van der Waals surface area contributed by atoms with E-state index < -0.39 is 0 Å². The maximum absolute atomic E-state index is 13.2. The van der Waals surface area contributed by atoms with Crippen molar-refractivity contribution in [1.82, 2.24) is 20.1 Å². The van der Waals surface area contributed by atoms with Gasteiger partial charge >= 0.3 is 0 Å². The molecule has 0 bridgehead atoms. The quantitative estimate of drug-likeness (QED) is 0.908. The van der Waals surface area contributed by atoms with Crippen LogP contribution in [0.1, 0.15) is 37.3 Å². The van der Waals surface area contributed by atoms with Gasteiger partial charge in [0.1, 0.15) is 18.0 Å². The van der Waals surface area contributed by atoms with Crippen LogP contribution in [0.4, 0.5) is 4.39 Å². The zero-order chi connectivity index (χ0) is 14.7. The molecule has 20 heavy (non-hydrogen) atoms. The molecule has 0 saturated carbocycles. The van der Waals surface area contributed by atoms with Crippen LogP contribution in [0.3, 0.4) is 0 Å². The highest BCUT2D eigenvalue weighted by atomic mass is 79.9. The van der Waals surface area contributed by atoms with Crippen molar-refractivity contribution < 1.29 is 4.39 Å². The minimum absolute atomic E-state index is 0.0478. The second-order valence-corrected chi connectivity index (χ2v) is 5.78. The van der Waals surface area contributed by atoms with Crippen molar-refractivity contribution in [3.05, 3.63) is 46.2 Å². The molecule has 1 atom stereocenters. The number of aromatic nitrogens is 3. The summed E-state index contributed by atoms with van der Waals surface area (Å²) in [7, 11) is 1.89. The summed E-state index contributed by atoms with van der Waals surface area (Å²) in [4.78, 5) is 4.32. The van der Waals surface area contributed by atoms with E-state index in [1.165, 1.54) is 12.1 Å². The summed E-state index contributed by atoms with van der Waals surface area (Å²) in [6.45, 7) is 4.14. The van der Waals surface area contributed by atoms with Crippen molar-refractivity contribution in [3.63, 3.8) is 0 Å². The smallest absolute Gasteiger partial charge is 0.138 e. The van der Waals surface area contributed by atoms with E-state index in [2.05, 4.69) is 45.2 Å². The molecule has 6 heteroatoms. The number of hydrogen-bond donors (Lipinski definition) is 1. The van der Waals surface area contributed by atoms with E-state index in [1.54, 1.807) is 12.4 Å². The third kappa shape index (κ3) is 3.24. The van der Waals surface area contributed by atoms with Crippen LogP contribution in [0, 0.1) is 5.82 Å². The van der Waals surface area contributed by atoms with E-state index in [9.17, 15) is 4.39 Å². The molecule has 1 heterocycles. The fourth-order valence-electron chi connectivity index (χ4n) is 2.19. The molecule has 0 aliphatic rings. The number of rotatable bonds is 5. The zero-order valence-corrected chi connectivity index (χ0v) is 13.4. The minimum Gasteiger partial charge on any atom is -0.313 e. The fraction of sp³-hybridized carbons (Fsp3) is 0.429. The van der Waals surface area contributed by atoms with Crippen molar-refractivity contribution in [1.29, 1.82) is 0 Å². The summed E-state index contributed by atoms with van der Waals surface area (Å²) in [6.07, 6.45) is 2.26. The van der Waals surface area contributed by atoms with Gasteiger partial charge in [-0.2, -0.15) is 5.10 Å². The molecule has 0 aliphatic carbocycles. The Bertz CT molecular complexity index is 582. The monoisotopic (exact) mass is 340 g/mol. The standard InChI is InChI=1S/C14H18BrFN4/c1-9(2)20-14(18-8-19-20)7-13(17-3)11-5-4-10(16)6-12(11)15/h4-6,8-9,13,17H,7H2,1-3H3. The Morgan fingerprint density at radius 3 is 2.75 bits per heavy atom. The summed E-state index contributed by atoms with van der Waals surface area (Å²) in [6, 6.07) is 5.05. The number of likely N-dealkylation sites (N-methyl/N-ethyl adjacent to an activating group) is 1. The third-order valence-corrected chi connectivity index (χ3v) is 3.90. The number of nitrogens with one attached hydrogen (secondary N) is 1. The second kappa shape index (κ2) is 6.45. The molecule has 0 saturated heterocycles. The van der Waals surface area contributed by atoms with Crippen LogP contribution in [0.15, 0.2) is 29.0 Å². The summed E-state index contributed by atoms with van der Waals surface area (Å²) in [5.41, 5.74) is 1.01. The van der Waals surface area contributed by atoms with Crippen molar-refractivity contribution in [2.24, 2.45) is 0 Å². The molecule has 1 N–H and O–H groups in total. The van der Waals surface area contributed by atoms with Gasteiger partial charge < -0.3 is 5.32 Å². The van der Waals surface area contributed by atoms with Crippen molar-refractivity contribution in [2.75, 3.05) is 7.05 Å². The summed E-state index contributed by atoms with van der Waals surface area (Å²) in [5.74, 6) is 0.663. The summed E-state index contributed by atoms with van der Waals surface area (Å²) in [5, 5.41) is 7.49. The maximum atomic E-state index is 13.2. The lowest BCUT2D eigenvalue weighted by Gasteiger charge is -2.19. The molecule has 1 aromatic carbocycles. The lowest BCUT2D eigenvalue weighted by atomic mass is 10.0. The minimum atomic E-state index is -0.249. The SMILES string of the molecule is CNC(Cc1ncnn1C(C)C)c1ccc(F)cc1Br. The average Bonchev–Trinajstić information content (AvgIpc) is 2.85. The Hall–Kier alpha value is -1.27. The van der Waals surface area contributed by atoms with E-state index in [0.29, 0.717) is 6.42 Å². The molecule has 0 radical (unpaired) electrons. The molecule has 0 aliphatic heterocycles. The fourth-order valence-corrected chi connectivity index (χ4v) is 2.81. The second-order valence-electron chi connectivity index (χ2n) is 4.93. The molecule has 2 aromatic rings. The van der Waals surface area contributed by atoms with Crippen LogP contribution in [0.5, 0.6) is 0 Å². The molecule has 0 amide bonds. The van der Waals surface area contributed by atoms with Gasteiger partial charge in [-0.15, -0.1) is 0 Å². The Balaban J connectivity index is 2.27. The van der Waals surface area contributed by atoms with Gasteiger partial charge in [-0.25, -0.2) is 14.1 Å². The molecular weight excluding hydrogens is 323 g/mol. The molecule has 108 valence electrons. The Kier molecular flexibility index (Phi) is 4.88. The van der Waals surface area contributed by atoms with Gasteiger partial charge in [-0.05, 0) is 38.6 Å².